The summed E-state index contributed by atoms with van der Waals surface area (Å²) in [5, 5.41) is 2.61. The SMILES string of the molecule is COc1ccc(NC(=O)C(C)(N)c2ccccc2)cc1F. The number of benzene rings is 2. The summed E-state index contributed by atoms with van der Waals surface area (Å²) in [5.41, 5.74) is 5.88. The Bertz CT molecular complexity index is 642. The molecular formula is C16H17FN2O2. The lowest BCUT2D eigenvalue weighted by Gasteiger charge is -2.24. The number of hydrogen-bond donors (Lipinski definition) is 2. The van der Waals surface area contributed by atoms with Crippen molar-refractivity contribution in [2.75, 3.05) is 12.4 Å². The molecule has 0 saturated carbocycles. The Morgan fingerprint density at radius 3 is 2.48 bits per heavy atom. The number of nitrogens with two attached hydrogens (primary N) is 1. The molecule has 2 rings (SSSR count). The second-order valence-electron chi connectivity index (χ2n) is 4.87. The van der Waals surface area contributed by atoms with Gasteiger partial charge in [0.1, 0.15) is 5.54 Å². The van der Waals surface area contributed by atoms with Gasteiger partial charge in [0.15, 0.2) is 11.6 Å². The molecule has 0 aliphatic heterocycles. The molecule has 2 aromatic carbocycles. The van der Waals surface area contributed by atoms with Gasteiger partial charge in [-0.25, -0.2) is 4.39 Å². The highest BCUT2D eigenvalue weighted by atomic mass is 19.1. The Labute approximate surface area is 122 Å². The lowest BCUT2D eigenvalue weighted by atomic mass is 9.92. The fraction of sp³-hybridized carbons (Fsp3) is 0.188. The molecule has 1 unspecified atom stereocenters. The van der Waals surface area contributed by atoms with Gasteiger partial charge in [-0.2, -0.15) is 0 Å². The van der Waals surface area contributed by atoms with Gasteiger partial charge in [0.2, 0.25) is 5.91 Å². The minimum absolute atomic E-state index is 0.117. The minimum Gasteiger partial charge on any atom is -0.494 e. The minimum atomic E-state index is -1.21. The molecule has 2 aromatic rings. The largest absolute Gasteiger partial charge is 0.494 e. The Kier molecular flexibility index (Phi) is 4.23. The van der Waals surface area contributed by atoms with Crippen molar-refractivity contribution in [3.05, 3.63) is 59.9 Å². The van der Waals surface area contributed by atoms with Crippen molar-refractivity contribution in [2.24, 2.45) is 5.73 Å². The number of nitrogens with one attached hydrogen (secondary N) is 1. The average molecular weight is 288 g/mol. The second kappa shape index (κ2) is 5.93. The molecule has 0 bridgehead atoms. The van der Waals surface area contributed by atoms with Gasteiger partial charge in [-0.3, -0.25) is 4.79 Å². The fourth-order valence-corrected chi connectivity index (χ4v) is 1.92. The van der Waals surface area contributed by atoms with Gasteiger partial charge in [-0.05, 0) is 24.6 Å². The van der Waals surface area contributed by atoms with Crippen molar-refractivity contribution < 1.29 is 13.9 Å². The third-order valence-electron chi connectivity index (χ3n) is 3.25. The normalized spacial score (nSPS) is 13.3. The van der Waals surface area contributed by atoms with Crippen LogP contribution in [0.4, 0.5) is 10.1 Å². The third-order valence-corrected chi connectivity index (χ3v) is 3.25. The number of carbonyl (C=O) groups excluding carboxylic acids is 1. The van der Waals surface area contributed by atoms with Gasteiger partial charge >= 0.3 is 0 Å². The number of carbonyl (C=O) groups is 1. The van der Waals surface area contributed by atoms with E-state index in [0.717, 1.165) is 0 Å². The Balaban J connectivity index is 2.19. The zero-order valence-corrected chi connectivity index (χ0v) is 11.9. The van der Waals surface area contributed by atoms with Crippen LogP contribution in [0.3, 0.4) is 0 Å². The molecule has 0 spiro atoms. The lowest BCUT2D eigenvalue weighted by Crippen LogP contribution is -2.45. The van der Waals surface area contributed by atoms with E-state index >= 15 is 0 Å². The van der Waals surface area contributed by atoms with E-state index in [1.807, 2.05) is 6.07 Å². The molecular weight excluding hydrogens is 271 g/mol. The van der Waals surface area contributed by atoms with Gasteiger partial charge in [0, 0.05) is 11.8 Å². The zero-order chi connectivity index (χ0) is 15.5. The Morgan fingerprint density at radius 1 is 1.24 bits per heavy atom. The molecule has 0 aliphatic carbocycles. The molecule has 0 radical (unpaired) electrons. The number of halogens is 1. The summed E-state index contributed by atoms with van der Waals surface area (Å²) in [4.78, 5) is 12.3. The molecule has 110 valence electrons. The van der Waals surface area contributed by atoms with Gasteiger partial charge in [0.25, 0.3) is 0 Å². The maximum Gasteiger partial charge on any atom is 0.248 e. The molecule has 0 aromatic heterocycles. The number of amides is 1. The first kappa shape index (κ1) is 15.0. The predicted molar refractivity (Wildman–Crippen MR) is 79.6 cm³/mol. The maximum atomic E-state index is 13.6. The van der Waals surface area contributed by atoms with Crippen LogP contribution in [0, 0.1) is 5.82 Å². The van der Waals surface area contributed by atoms with Crippen molar-refractivity contribution in [1.29, 1.82) is 0 Å². The zero-order valence-electron chi connectivity index (χ0n) is 11.9. The van der Waals surface area contributed by atoms with Crippen molar-refractivity contribution in [2.45, 2.75) is 12.5 Å². The summed E-state index contributed by atoms with van der Waals surface area (Å²) >= 11 is 0. The van der Waals surface area contributed by atoms with Crippen molar-refractivity contribution in [1.82, 2.24) is 0 Å². The summed E-state index contributed by atoms with van der Waals surface area (Å²) in [6.45, 7) is 1.61. The van der Waals surface area contributed by atoms with Crippen LogP contribution in [0.15, 0.2) is 48.5 Å². The van der Waals surface area contributed by atoms with E-state index in [9.17, 15) is 9.18 Å². The van der Waals surface area contributed by atoms with E-state index in [-0.39, 0.29) is 5.75 Å². The van der Waals surface area contributed by atoms with Crippen LogP contribution < -0.4 is 15.8 Å². The Morgan fingerprint density at radius 2 is 1.90 bits per heavy atom. The second-order valence-corrected chi connectivity index (χ2v) is 4.87. The van der Waals surface area contributed by atoms with E-state index in [0.29, 0.717) is 11.3 Å². The highest BCUT2D eigenvalue weighted by Gasteiger charge is 2.30. The summed E-state index contributed by atoms with van der Waals surface area (Å²) in [5.74, 6) is -0.849. The van der Waals surface area contributed by atoms with Crippen LogP contribution in [0.2, 0.25) is 0 Å². The highest BCUT2D eigenvalue weighted by molar-refractivity contribution is 5.98. The van der Waals surface area contributed by atoms with Crippen LogP contribution in [-0.2, 0) is 10.3 Å². The molecule has 3 N–H and O–H groups in total. The van der Waals surface area contributed by atoms with Crippen LogP contribution in [0.1, 0.15) is 12.5 Å². The molecule has 0 heterocycles. The molecule has 5 heteroatoms. The van der Waals surface area contributed by atoms with Crippen LogP contribution in [0.25, 0.3) is 0 Å². The first-order valence-corrected chi connectivity index (χ1v) is 6.44. The van der Waals surface area contributed by atoms with Gasteiger partial charge in [-0.1, -0.05) is 30.3 Å². The number of methoxy groups -OCH3 is 1. The van der Waals surface area contributed by atoms with E-state index in [4.69, 9.17) is 10.5 Å². The summed E-state index contributed by atoms with van der Waals surface area (Å²) in [7, 11) is 1.38. The van der Waals surface area contributed by atoms with E-state index < -0.39 is 17.3 Å². The summed E-state index contributed by atoms with van der Waals surface area (Å²) in [6.07, 6.45) is 0. The van der Waals surface area contributed by atoms with Gasteiger partial charge in [0.05, 0.1) is 7.11 Å². The van der Waals surface area contributed by atoms with E-state index in [2.05, 4.69) is 5.32 Å². The van der Waals surface area contributed by atoms with Crippen molar-refractivity contribution >= 4 is 11.6 Å². The molecule has 21 heavy (non-hydrogen) atoms. The van der Waals surface area contributed by atoms with Crippen LogP contribution in [-0.4, -0.2) is 13.0 Å². The van der Waals surface area contributed by atoms with Crippen molar-refractivity contribution in [3.63, 3.8) is 0 Å². The number of anilines is 1. The standard InChI is InChI=1S/C16H17FN2O2/c1-16(18,11-6-4-3-5-7-11)15(20)19-12-8-9-14(21-2)13(17)10-12/h3-10H,18H2,1-2H3,(H,19,20). The van der Waals surface area contributed by atoms with Gasteiger partial charge < -0.3 is 15.8 Å². The first-order chi connectivity index (χ1) is 9.95. The third kappa shape index (κ3) is 3.20. The lowest BCUT2D eigenvalue weighted by molar-refractivity contribution is -0.120. The van der Waals surface area contributed by atoms with Gasteiger partial charge in [-0.15, -0.1) is 0 Å². The smallest absolute Gasteiger partial charge is 0.248 e. The molecule has 0 saturated heterocycles. The van der Waals surface area contributed by atoms with E-state index in [1.165, 1.54) is 19.2 Å². The highest BCUT2D eigenvalue weighted by Crippen LogP contribution is 2.23. The number of ether oxygens (including phenoxy) is 1. The maximum absolute atomic E-state index is 13.6. The predicted octanol–water partition coefficient (Wildman–Crippen LogP) is 2.65. The summed E-state index contributed by atoms with van der Waals surface area (Å²) in [6, 6.07) is 13.2. The first-order valence-electron chi connectivity index (χ1n) is 6.44. The average Bonchev–Trinajstić information content (AvgIpc) is 2.48. The molecule has 1 atom stereocenters. The van der Waals surface area contributed by atoms with E-state index in [1.54, 1.807) is 37.3 Å². The quantitative estimate of drug-likeness (QED) is 0.909. The Hall–Kier alpha value is -2.40. The monoisotopic (exact) mass is 288 g/mol. The summed E-state index contributed by atoms with van der Waals surface area (Å²) < 4.78 is 18.4. The molecule has 1 amide bonds. The number of hydrogen-bond acceptors (Lipinski definition) is 3. The topological polar surface area (TPSA) is 64.3 Å². The molecule has 0 aliphatic rings. The fourth-order valence-electron chi connectivity index (χ4n) is 1.92. The van der Waals surface area contributed by atoms with Crippen LogP contribution in [0.5, 0.6) is 5.75 Å². The number of rotatable bonds is 4. The van der Waals surface area contributed by atoms with Crippen molar-refractivity contribution in [3.8, 4) is 5.75 Å². The van der Waals surface area contributed by atoms with Crippen LogP contribution >= 0.6 is 0 Å². The molecule has 0 fully saturated rings. The molecule has 4 nitrogen and oxygen atoms in total.